The number of rotatable bonds is 6. The number of halogens is 1. The molecule has 0 bridgehead atoms. The maximum Gasteiger partial charge on any atom is 0.270 e. The number of hydrogen-bond donors (Lipinski definition) is 1. The van der Waals surface area contributed by atoms with Gasteiger partial charge in [0.2, 0.25) is 0 Å². The number of thiocarbonyl (C=S) groups is 1. The number of amides is 2. The summed E-state index contributed by atoms with van der Waals surface area (Å²) in [6.07, 6.45) is 3.15. The van der Waals surface area contributed by atoms with E-state index >= 15 is 0 Å². The van der Waals surface area contributed by atoms with Crippen molar-refractivity contribution in [3.63, 3.8) is 0 Å². The average molecular weight is 520 g/mol. The van der Waals surface area contributed by atoms with Crippen molar-refractivity contribution >= 4 is 63.5 Å². The number of anilines is 1. The first-order valence-electron chi connectivity index (χ1n) is 8.54. The quantitative estimate of drug-likeness (QED) is 0.207. The Morgan fingerprint density at radius 3 is 2.62 bits per heavy atom. The number of hydrogen-bond acceptors (Lipinski definition) is 5. The van der Waals surface area contributed by atoms with Gasteiger partial charge in [-0.2, -0.15) is 0 Å². The van der Waals surface area contributed by atoms with Crippen molar-refractivity contribution in [1.29, 1.82) is 0 Å². The standard InChI is InChI=1S/C21H17IN2O4S/c1-3-9-28-18-16(22)11-13(12-17(18)27-2)10-15-19(25)23-21(29)24(20(15)26)14-7-5-4-6-8-14/h3-8,10-12H,1,9H2,2H3,(H,23,25,29). The number of nitrogens with one attached hydrogen (secondary N) is 1. The second-order valence-corrected chi connectivity index (χ2v) is 7.48. The summed E-state index contributed by atoms with van der Waals surface area (Å²) in [6.45, 7) is 3.97. The molecule has 29 heavy (non-hydrogen) atoms. The van der Waals surface area contributed by atoms with Crippen molar-refractivity contribution < 1.29 is 19.1 Å². The number of carbonyl (C=O) groups excluding carboxylic acids is 2. The first kappa shape index (κ1) is 21.0. The molecule has 2 aromatic carbocycles. The molecule has 0 aromatic heterocycles. The second kappa shape index (κ2) is 9.19. The molecule has 2 aromatic rings. The maximum atomic E-state index is 13.0. The zero-order valence-corrected chi connectivity index (χ0v) is 18.5. The van der Waals surface area contributed by atoms with Crippen LogP contribution in [-0.4, -0.2) is 30.6 Å². The second-order valence-electron chi connectivity index (χ2n) is 5.93. The lowest BCUT2D eigenvalue weighted by Gasteiger charge is -2.28. The Hall–Kier alpha value is -2.72. The van der Waals surface area contributed by atoms with Crippen LogP contribution < -0.4 is 19.7 Å². The zero-order valence-electron chi connectivity index (χ0n) is 15.5. The molecular weight excluding hydrogens is 503 g/mol. The predicted octanol–water partition coefficient (Wildman–Crippen LogP) is 3.70. The van der Waals surface area contributed by atoms with E-state index in [2.05, 4.69) is 34.5 Å². The SMILES string of the molecule is C=CCOc1c(I)cc(C=C2C(=O)NC(=S)N(c3ccccc3)C2=O)cc1OC. The summed E-state index contributed by atoms with van der Waals surface area (Å²) in [5.74, 6) is 0.0189. The molecular formula is C21H17IN2O4S. The van der Waals surface area contributed by atoms with Gasteiger partial charge in [0.05, 0.1) is 16.4 Å². The van der Waals surface area contributed by atoms with Crippen molar-refractivity contribution in [3.05, 3.63) is 69.8 Å². The lowest BCUT2D eigenvalue weighted by molar-refractivity contribution is -0.122. The third-order valence-corrected chi connectivity index (χ3v) is 5.11. The number of benzene rings is 2. The van der Waals surface area contributed by atoms with Crippen LogP contribution in [0.4, 0.5) is 5.69 Å². The number of ether oxygens (including phenoxy) is 2. The van der Waals surface area contributed by atoms with E-state index in [1.54, 1.807) is 42.5 Å². The minimum atomic E-state index is -0.548. The Balaban J connectivity index is 2.01. The Morgan fingerprint density at radius 1 is 1.24 bits per heavy atom. The van der Waals surface area contributed by atoms with Gasteiger partial charge in [0.15, 0.2) is 16.6 Å². The topological polar surface area (TPSA) is 67.9 Å². The van der Waals surface area contributed by atoms with Crippen molar-refractivity contribution in [2.24, 2.45) is 0 Å². The van der Waals surface area contributed by atoms with E-state index in [0.29, 0.717) is 29.4 Å². The summed E-state index contributed by atoms with van der Waals surface area (Å²) in [6, 6.07) is 12.4. The minimum Gasteiger partial charge on any atom is -0.493 e. The van der Waals surface area contributed by atoms with Crippen LogP contribution in [0.1, 0.15) is 5.56 Å². The first-order valence-corrected chi connectivity index (χ1v) is 10.0. The monoisotopic (exact) mass is 520 g/mol. The van der Waals surface area contributed by atoms with Crippen LogP contribution in [0.2, 0.25) is 0 Å². The van der Waals surface area contributed by atoms with Crippen LogP contribution in [-0.2, 0) is 9.59 Å². The molecule has 0 spiro atoms. The normalized spacial score (nSPS) is 15.3. The smallest absolute Gasteiger partial charge is 0.270 e. The molecule has 1 aliphatic heterocycles. The van der Waals surface area contributed by atoms with Crippen LogP contribution in [0.25, 0.3) is 6.08 Å². The highest BCUT2D eigenvalue weighted by Crippen LogP contribution is 2.35. The van der Waals surface area contributed by atoms with Gasteiger partial charge in [0.1, 0.15) is 12.2 Å². The summed E-state index contributed by atoms with van der Waals surface area (Å²) in [5, 5.41) is 2.62. The molecule has 6 nitrogen and oxygen atoms in total. The average Bonchev–Trinajstić information content (AvgIpc) is 2.70. The summed E-state index contributed by atoms with van der Waals surface area (Å²) in [7, 11) is 1.52. The Morgan fingerprint density at radius 2 is 1.97 bits per heavy atom. The number of methoxy groups -OCH3 is 1. The first-order chi connectivity index (χ1) is 14.0. The molecule has 1 heterocycles. The van der Waals surface area contributed by atoms with Crippen molar-refractivity contribution in [3.8, 4) is 11.5 Å². The van der Waals surface area contributed by atoms with Gasteiger partial charge in [-0.05, 0) is 70.7 Å². The van der Waals surface area contributed by atoms with Gasteiger partial charge in [-0.15, -0.1) is 0 Å². The molecule has 0 atom stereocenters. The van der Waals surface area contributed by atoms with Gasteiger partial charge in [-0.3, -0.25) is 19.8 Å². The molecule has 0 saturated carbocycles. The van der Waals surface area contributed by atoms with Gasteiger partial charge < -0.3 is 9.47 Å². The van der Waals surface area contributed by atoms with E-state index in [9.17, 15) is 9.59 Å². The van der Waals surface area contributed by atoms with Crippen LogP contribution in [0, 0.1) is 3.57 Å². The molecule has 0 unspecified atom stereocenters. The lowest BCUT2D eigenvalue weighted by atomic mass is 10.1. The van der Waals surface area contributed by atoms with Crippen molar-refractivity contribution in [1.82, 2.24) is 5.32 Å². The summed E-state index contributed by atoms with van der Waals surface area (Å²) < 4.78 is 11.8. The molecule has 0 aliphatic carbocycles. The van der Waals surface area contributed by atoms with Gasteiger partial charge in [-0.25, -0.2) is 0 Å². The van der Waals surface area contributed by atoms with Crippen LogP contribution >= 0.6 is 34.8 Å². The fourth-order valence-corrected chi connectivity index (χ4v) is 3.80. The number of carbonyl (C=O) groups is 2. The summed E-state index contributed by atoms with van der Waals surface area (Å²) in [5.41, 5.74) is 1.17. The van der Waals surface area contributed by atoms with E-state index in [0.717, 1.165) is 3.57 Å². The van der Waals surface area contributed by atoms with Crippen LogP contribution in [0.5, 0.6) is 11.5 Å². The fraction of sp³-hybridized carbons (Fsp3) is 0.0952. The zero-order chi connectivity index (χ0) is 21.0. The van der Waals surface area contributed by atoms with E-state index in [4.69, 9.17) is 21.7 Å². The predicted molar refractivity (Wildman–Crippen MR) is 124 cm³/mol. The Kier molecular flexibility index (Phi) is 6.65. The molecule has 148 valence electrons. The summed E-state index contributed by atoms with van der Waals surface area (Å²) in [4.78, 5) is 26.8. The number of para-hydroxylation sites is 1. The molecule has 2 amide bonds. The molecule has 0 radical (unpaired) electrons. The van der Waals surface area contributed by atoms with E-state index in [1.807, 2.05) is 6.07 Å². The lowest BCUT2D eigenvalue weighted by Crippen LogP contribution is -2.54. The van der Waals surface area contributed by atoms with E-state index in [-0.39, 0.29) is 10.7 Å². The molecule has 3 rings (SSSR count). The third-order valence-electron chi connectivity index (χ3n) is 4.02. The fourth-order valence-electron chi connectivity index (χ4n) is 2.74. The van der Waals surface area contributed by atoms with Crippen molar-refractivity contribution in [2.45, 2.75) is 0 Å². The van der Waals surface area contributed by atoms with Gasteiger partial charge in [0.25, 0.3) is 11.8 Å². The maximum absolute atomic E-state index is 13.0. The third kappa shape index (κ3) is 4.48. The highest BCUT2D eigenvalue weighted by atomic mass is 127. The van der Waals surface area contributed by atoms with Crippen LogP contribution in [0.15, 0.2) is 60.7 Å². The summed E-state index contributed by atoms with van der Waals surface area (Å²) >= 11 is 7.31. The Bertz CT molecular complexity index is 1020. The van der Waals surface area contributed by atoms with Gasteiger partial charge in [0, 0.05) is 0 Å². The molecule has 1 fully saturated rings. The minimum absolute atomic E-state index is 0.0277. The molecule has 1 aliphatic rings. The molecule has 1 N–H and O–H groups in total. The van der Waals surface area contributed by atoms with Crippen molar-refractivity contribution in [2.75, 3.05) is 18.6 Å². The largest absolute Gasteiger partial charge is 0.493 e. The van der Waals surface area contributed by atoms with Gasteiger partial charge in [-0.1, -0.05) is 30.9 Å². The number of nitrogens with zero attached hydrogens (tertiary/aromatic N) is 1. The van der Waals surface area contributed by atoms with E-state index in [1.165, 1.54) is 18.1 Å². The Labute approximate surface area is 187 Å². The highest BCUT2D eigenvalue weighted by Gasteiger charge is 2.34. The molecule has 8 heteroatoms. The highest BCUT2D eigenvalue weighted by molar-refractivity contribution is 14.1. The van der Waals surface area contributed by atoms with E-state index < -0.39 is 11.8 Å². The molecule has 1 saturated heterocycles. The van der Waals surface area contributed by atoms with Gasteiger partial charge >= 0.3 is 0 Å². The van der Waals surface area contributed by atoms with Crippen LogP contribution in [0.3, 0.4) is 0 Å².